The third-order valence-corrected chi connectivity index (χ3v) is 6.22. The molecule has 1 amide bonds. The van der Waals surface area contributed by atoms with Gasteiger partial charge in [0.1, 0.15) is 16.5 Å². The molecule has 0 aliphatic heterocycles. The molecule has 0 N–H and O–H groups in total. The normalized spacial score (nSPS) is 14.3. The van der Waals surface area contributed by atoms with Crippen LogP contribution in [0.3, 0.4) is 0 Å². The monoisotopic (exact) mass is 421 g/mol. The predicted molar refractivity (Wildman–Crippen MR) is 105 cm³/mol. The summed E-state index contributed by atoms with van der Waals surface area (Å²) in [6.45, 7) is 1.01. The topological polar surface area (TPSA) is 72.9 Å². The minimum Gasteiger partial charge on any atom is -0.383 e. The second-order valence-corrected chi connectivity index (χ2v) is 8.53. The molecular weight excluding hydrogens is 397 g/mol. The molecule has 29 heavy (non-hydrogen) atoms. The van der Waals surface area contributed by atoms with Gasteiger partial charge in [-0.15, -0.1) is 0 Å². The fourth-order valence-electron chi connectivity index (χ4n) is 3.07. The van der Waals surface area contributed by atoms with Gasteiger partial charge in [-0.25, -0.2) is 4.39 Å². The van der Waals surface area contributed by atoms with E-state index in [0.717, 1.165) is 43.5 Å². The molecule has 8 heteroatoms. The smallest absolute Gasteiger partial charge is 0.339 e. The minimum atomic E-state index is -4.13. The molecule has 1 aliphatic carbocycles. The summed E-state index contributed by atoms with van der Waals surface area (Å²) in [7, 11) is -2.56. The van der Waals surface area contributed by atoms with E-state index in [1.807, 2.05) is 0 Å². The van der Waals surface area contributed by atoms with Gasteiger partial charge in [0.05, 0.1) is 6.61 Å². The lowest BCUT2D eigenvalue weighted by Gasteiger charge is -2.32. The molecule has 0 radical (unpaired) electrons. The van der Waals surface area contributed by atoms with Gasteiger partial charge in [0, 0.05) is 31.7 Å². The van der Waals surface area contributed by atoms with Crippen molar-refractivity contribution in [2.75, 3.05) is 20.3 Å². The van der Waals surface area contributed by atoms with Crippen LogP contribution >= 0.6 is 0 Å². The Balaban J connectivity index is 1.81. The Labute approximate surface area is 170 Å². The van der Waals surface area contributed by atoms with Crippen molar-refractivity contribution in [2.24, 2.45) is 5.92 Å². The fourth-order valence-corrected chi connectivity index (χ4v) is 4.04. The Morgan fingerprint density at radius 1 is 1.14 bits per heavy atom. The Hall–Kier alpha value is -2.45. The number of hydrogen-bond donors (Lipinski definition) is 0. The first-order valence-electron chi connectivity index (χ1n) is 9.46. The van der Waals surface area contributed by atoms with Crippen LogP contribution in [0.5, 0.6) is 5.75 Å². The first-order valence-corrected chi connectivity index (χ1v) is 10.9. The van der Waals surface area contributed by atoms with Crippen LogP contribution in [0.15, 0.2) is 53.4 Å². The van der Waals surface area contributed by atoms with Gasteiger partial charge in [0.2, 0.25) is 5.91 Å². The average molecular weight is 421 g/mol. The van der Waals surface area contributed by atoms with E-state index in [1.54, 1.807) is 36.3 Å². The lowest BCUT2D eigenvalue weighted by Crippen LogP contribution is -2.40. The number of methoxy groups -OCH3 is 1. The second-order valence-electron chi connectivity index (χ2n) is 6.98. The van der Waals surface area contributed by atoms with Gasteiger partial charge in [-0.2, -0.15) is 8.42 Å². The van der Waals surface area contributed by atoms with Crippen LogP contribution in [-0.4, -0.2) is 39.5 Å². The Morgan fingerprint density at radius 2 is 1.83 bits per heavy atom. The summed E-state index contributed by atoms with van der Waals surface area (Å²) in [5, 5.41) is 0. The summed E-state index contributed by atoms with van der Waals surface area (Å²) in [6, 6.07) is 11.1. The summed E-state index contributed by atoms with van der Waals surface area (Å²) in [6.07, 6.45) is 2.79. The zero-order valence-electron chi connectivity index (χ0n) is 16.2. The molecule has 0 atom stereocenters. The van der Waals surface area contributed by atoms with Gasteiger partial charge in [0.15, 0.2) is 0 Å². The third kappa shape index (κ3) is 5.33. The van der Waals surface area contributed by atoms with E-state index in [2.05, 4.69) is 0 Å². The number of para-hydroxylation sites is 1. The van der Waals surface area contributed by atoms with Crippen molar-refractivity contribution in [3.63, 3.8) is 0 Å². The molecule has 2 aromatic rings. The molecule has 3 rings (SSSR count). The van der Waals surface area contributed by atoms with Crippen LogP contribution in [-0.2, 0) is 26.2 Å². The van der Waals surface area contributed by atoms with Crippen molar-refractivity contribution in [2.45, 2.75) is 30.7 Å². The lowest BCUT2D eigenvalue weighted by atomic mass is 9.84. The molecule has 0 heterocycles. The number of carbonyl (C=O) groups excluding carboxylic acids is 1. The maximum absolute atomic E-state index is 13.1. The van der Waals surface area contributed by atoms with Crippen LogP contribution in [0, 0.1) is 11.7 Å². The quantitative estimate of drug-likeness (QED) is 0.581. The summed E-state index contributed by atoms with van der Waals surface area (Å²) >= 11 is 0. The van der Waals surface area contributed by atoms with E-state index in [1.165, 1.54) is 0 Å². The van der Waals surface area contributed by atoms with Crippen molar-refractivity contribution >= 4 is 16.0 Å². The van der Waals surface area contributed by atoms with E-state index in [9.17, 15) is 17.6 Å². The number of halogens is 1. The fraction of sp³-hybridized carbons (Fsp3) is 0.381. The highest BCUT2D eigenvalue weighted by Crippen LogP contribution is 2.30. The molecule has 1 fully saturated rings. The standard InChI is InChI=1S/C21H24FNO5S/c1-27-14-13-23(21(24)16-6-4-7-16)15-17-5-2-3-8-20(17)28-29(25,26)19-11-9-18(22)10-12-19/h2-3,5,8-12,16H,4,6-7,13-15H2,1H3. The van der Waals surface area contributed by atoms with E-state index < -0.39 is 15.9 Å². The van der Waals surface area contributed by atoms with Crippen molar-refractivity contribution in [1.29, 1.82) is 0 Å². The maximum atomic E-state index is 13.1. The Kier molecular flexibility index (Phi) is 6.87. The first kappa shape index (κ1) is 21.3. The highest BCUT2D eigenvalue weighted by Gasteiger charge is 2.30. The summed E-state index contributed by atoms with van der Waals surface area (Å²) < 4.78 is 48.7. The molecule has 6 nitrogen and oxygen atoms in total. The molecule has 0 saturated heterocycles. The molecule has 0 bridgehead atoms. The number of ether oxygens (including phenoxy) is 1. The number of hydrogen-bond acceptors (Lipinski definition) is 5. The number of rotatable bonds is 9. The van der Waals surface area contributed by atoms with Crippen LogP contribution in [0.1, 0.15) is 24.8 Å². The molecule has 1 saturated carbocycles. The van der Waals surface area contributed by atoms with Gasteiger partial charge in [-0.1, -0.05) is 24.6 Å². The SMILES string of the molecule is COCCN(Cc1ccccc1OS(=O)(=O)c1ccc(F)cc1)C(=O)C1CCC1. The molecule has 1 aliphatic rings. The first-order chi connectivity index (χ1) is 13.9. The summed E-state index contributed by atoms with van der Waals surface area (Å²) in [5.41, 5.74) is 0.571. The molecule has 156 valence electrons. The van der Waals surface area contributed by atoms with Crippen molar-refractivity contribution in [3.8, 4) is 5.75 Å². The van der Waals surface area contributed by atoms with Crippen LogP contribution in [0.4, 0.5) is 4.39 Å². The van der Waals surface area contributed by atoms with Gasteiger partial charge >= 0.3 is 10.1 Å². The van der Waals surface area contributed by atoms with E-state index >= 15 is 0 Å². The highest BCUT2D eigenvalue weighted by atomic mass is 32.2. The van der Waals surface area contributed by atoms with Crippen molar-refractivity contribution in [1.82, 2.24) is 4.90 Å². The minimum absolute atomic E-state index is 0.0166. The maximum Gasteiger partial charge on any atom is 0.339 e. The second kappa shape index (κ2) is 9.37. The summed E-state index contributed by atoms with van der Waals surface area (Å²) in [4.78, 5) is 14.3. The van der Waals surface area contributed by atoms with Gasteiger partial charge < -0.3 is 13.8 Å². The average Bonchev–Trinajstić information content (AvgIpc) is 2.65. The highest BCUT2D eigenvalue weighted by molar-refractivity contribution is 7.87. The number of carbonyl (C=O) groups is 1. The van der Waals surface area contributed by atoms with Crippen LogP contribution in [0.25, 0.3) is 0 Å². The molecule has 2 aromatic carbocycles. The van der Waals surface area contributed by atoms with Crippen molar-refractivity contribution in [3.05, 3.63) is 59.9 Å². The molecular formula is C21H24FNO5S. The zero-order chi connectivity index (χ0) is 20.9. The van der Waals surface area contributed by atoms with Gasteiger partial charge in [-0.3, -0.25) is 4.79 Å². The van der Waals surface area contributed by atoms with Crippen LogP contribution < -0.4 is 4.18 Å². The van der Waals surface area contributed by atoms with Crippen molar-refractivity contribution < 1.29 is 26.5 Å². The van der Waals surface area contributed by atoms with Gasteiger partial charge in [-0.05, 0) is 43.2 Å². The number of amides is 1. The lowest BCUT2D eigenvalue weighted by molar-refractivity contribution is -0.139. The molecule has 0 aromatic heterocycles. The molecule has 0 unspecified atom stereocenters. The van der Waals surface area contributed by atoms with Gasteiger partial charge in [0.25, 0.3) is 0 Å². The zero-order valence-corrected chi connectivity index (χ0v) is 17.0. The predicted octanol–water partition coefficient (Wildman–Crippen LogP) is 3.37. The Morgan fingerprint density at radius 3 is 2.45 bits per heavy atom. The van der Waals surface area contributed by atoms with E-state index in [0.29, 0.717) is 18.7 Å². The van der Waals surface area contributed by atoms with E-state index in [4.69, 9.17) is 8.92 Å². The number of nitrogens with zero attached hydrogens (tertiary/aromatic N) is 1. The molecule has 0 spiro atoms. The summed E-state index contributed by atoms with van der Waals surface area (Å²) in [5.74, 6) is -0.333. The number of benzene rings is 2. The van der Waals surface area contributed by atoms with Crippen LogP contribution in [0.2, 0.25) is 0 Å². The van der Waals surface area contributed by atoms with E-state index in [-0.39, 0.29) is 29.0 Å². The largest absolute Gasteiger partial charge is 0.383 e. The third-order valence-electron chi connectivity index (χ3n) is 4.97. The Bertz CT molecular complexity index is 942.